The standard InChI is InChI=1S/C7H11NO2.C2H6/c9-6(10)5-3-7(1-2-7)4-8-5;1-2/h5,8H,1-4H2,(H,9,10);1-2H3. The summed E-state index contributed by atoms with van der Waals surface area (Å²) in [6.45, 7) is 4.92. The summed E-state index contributed by atoms with van der Waals surface area (Å²) >= 11 is 0. The van der Waals surface area contributed by atoms with Gasteiger partial charge in [-0.15, -0.1) is 0 Å². The number of carbonyl (C=O) groups is 1. The summed E-state index contributed by atoms with van der Waals surface area (Å²) in [7, 11) is 0. The molecule has 0 amide bonds. The topological polar surface area (TPSA) is 49.3 Å². The van der Waals surface area contributed by atoms with E-state index in [1.807, 2.05) is 13.8 Å². The number of nitrogens with one attached hydrogen (secondary N) is 1. The van der Waals surface area contributed by atoms with Gasteiger partial charge in [-0.25, -0.2) is 0 Å². The van der Waals surface area contributed by atoms with Crippen molar-refractivity contribution in [3.63, 3.8) is 0 Å². The normalized spacial score (nSPS) is 29.3. The van der Waals surface area contributed by atoms with Gasteiger partial charge < -0.3 is 10.4 Å². The van der Waals surface area contributed by atoms with Crippen molar-refractivity contribution in [3.8, 4) is 0 Å². The molecule has 1 saturated carbocycles. The van der Waals surface area contributed by atoms with Gasteiger partial charge in [-0.3, -0.25) is 4.79 Å². The SMILES string of the molecule is CC.O=C(O)C1CC2(CC2)CN1. The van der Waals surface area contributed by atoms with Crippen molar-refractivity contribution in [3.05, 3.63) is 0 Å². The monoisotopic (exact) mass is 171 g/mol. The molecule has 12 heavy (non-hydrogen) atoms. The number of aliphatic carboxylic acids is 1. The second-order valence-corrected chi connectivity index (χ2v) is 3.48. The average molecular weight is 171 g/mol. The fraction of sp³-hybridized carbons (Fsp3) is 0.889. The van der Waals surface area contributed by atoms with Crippen LogP contribution in [-0.2, 0) is 4.79 Å². The molecule has 2 aliphatic rings. The maximum Gasteiger partial charge on any atom is 0.320 e. The third-order valence-electron chi connectivity index (χ3n) is 2.62. The molecule has 0 bridgehead atoms. The fourth-order valence-corrected chi connectivity index (χ4v) is 1.65. The van der Waals surface area contributed by atoms with Crippen LogP contribution < -0.4 is 5.32 Å². The Kier molecular flexibility index (Phi) is 2.73. The number of rotatable bonds is 1. The summed E-state index contributed by atoms with van der Waals surface area (Å²) in [6.07, 6.45) is 3.30. The van der Waals surface area contributed by atoms with Gasteiger partial charge in [-0.05, 0) is 24.7 Å². The van der Waals surface area contributed by atoms with E-state index >= 15 is 0 Å². The van der Waals surface area contributed by atoms with Crippen LogP contribution in [0.4, 0.5) is 0 Å². The number of carboxylic acid groups (broad SMARTS) is 1. The van der Waals surface area contributed by atoms with Crippen LogP contribution in [0.2, 0.25) is 0 Å². The lowest BCUT2D eigenvalue weighted by atomic mass is 10.0. The van der Waals surface area contributed by atoms with Gasteiger partial charge in [0.2, 0.25) is 0 Å². The van der Waals surface area contributed by atoms with Crippen LogP contribution in [0, 0.1) is 5.41 Å². The second kappa shape index (κ2) is 3.44. The van der Waals surface area contributed by atoms with E-state index in [-0.39, 0.29) is 6.04 Å². The van der Waals surface area contributed by atoms with E-state index in [4.69, 9.17) is 5.11 Å². The van der Waals surface area contributed by atoms with Crippen LogP contribution in [-0.4, -0.2) is 23.7 Å². The van der Waals surface area contributed by atoms with Gasteiger partial charge in [-0.1, -0.05) is 13.8 Å². The van der Waals surface area contributed by atoms with Crippen LogP contribution in [0.1, 0.15) is 33.1 Å². The first-order chi connectivity index (χ1) is 5.72. The summed E-state index contributed by atoms with van der Waals surface area (Å²) in [6, 6.07) is -0.262. The molecular weight excluding hydrogens is 154 g/mol. The predicted molar refractivity (Wildman–Crippen MR) is 47.1 cm³/mol. The minimum atomic E-state index is -0.691. The van der Waals surface area contributed by atoms with E-state index in [1.54, 1.807) is 0 Å². The summed E-state index contributed by atoms with van der Waals surface area (Å²) in [5, 5.41) is 11.6. The molecule has 0 aromatic heterocycles. The zero-order valence-electron chi connectivity index (χ0n) is 7.76. The molecule has 0 radical (unpaired) electrons. The van der Waals surface area contributed by atoms with E-state index in [0.29, 0.717) is 5.41 Å². The molecule has 2 rings (SSSR count). The molecule has 1 aliphatic carbocycles. The van der Waals surface area contributed by atoms with Crippen molar-refractivity contribution in [1.29, 1.82) is 0 Å². The third kappa shape index (κ3) is 1.78. The molecule has 0 aromatic carbocycles. The van der Waals surface area contributed by atoms with Crippen molar-refractivity contribution < 1.29 is 9.90 Å². The maximum absolute atomic E-state index is 10.5. The number of hydrogen-bond donors (Lipinski definition) is 2. The first-order valence-electron chi connectivity index (χ1n) is 4.68. The molecule has 1 saturated heterocycles. The lowest BCUT2D eigenvalue weighted by Crippen LogP contribution is -2.29. The highest BCUT2D eigenvalue weighted by Crippen LogP contribution is 2.51. The van der Waals surface area contributed by atoms with Gasteiger partial charge in [0.25, 0.3) is 0 Å². The molecule has 1 spiro atoms. The van der Waals surface area contributed by atoms with Gasteiger partial charge in [0, 0.05) is 6.54 Å². The molecule has 2 N–H and O–H groups in total. The number of carboxylic acids is 1. The molecule has 70 valence electrons. The maximum atomic E-state index is 10.5. The van der Waals surface area contributed by atoms with E-state index in [2.05, 4.69) is 5.32 Å². The smallest absolute Gasteiger partial charge is 0.320 e. The zero-order chi connectivity index (χ0) is 9.19. The minimum Gasteiger partial charge on any atom is -0.480 e. The third-order valence-corrected chi connectivity index (χ3v) is 2.62. The Labute approximate surface area is 73.2 Å². The summed E-state index contributed by atoms with van der Waals surface area (Å²) < 4.78 is 0. The summed E-state index contributed by atoms with van der Waals surface area (Å²) in [5.41, 5.74) is 0.406. The molecule has 2 fully saturated rings. The van der Waals surface area contributed by atoms with Crippen LogP contribution in [0.3, 0.4) is 0 Å². The largest absolute Gasteiger partial charge is 0.480 e. The van der Waals surface area contributed by atoms with Gasteiger partial charge in [0.05, 0.1) is 0 Å². The highest BCUT2D eigenvalue weighted by Gasteiger charge is 2.49. The van der Waals surface area contributed by atoms with E-state index < -0.39 is 5.97 Å². The van der Waals surface area contributed by atoms with Crippen molar-refractivity contribution in [1.82, 2.24) is 5.32 Å². The van der Waals surface area contributed by atoms with Crippen molar-refractivity contribution in [2.75, 3.05) is 6.54 Å². The van der Waals surface area contributed by atoms with Gasteiger partial charge in [0.15, 0.2) is 0 Å². The Morgan fingerprint density at radius 1 is 1.50 bits per heavy atom. The molecular formula is C9H17NO2. The first kappa shape index (κ1) is 9.52. The van der Waals surface area contributed by atoms with Gasteiger partial charge in [0.1, 0.15) is 6.04 Å². The van der Waals surface area contributed by atoms with E-state index in [9.17, 15) is 4.79 Å². The second-order valence-electron chi connectivity index (χ2n) is 3.48. The summed E-state index contributed by atoms with van der Waals surface area (Å²) in [5.74, 6) is -0.691. The molecule has 1 unspecified atom stereocenters. The molecule has 3 nitrogen and oxygen atoms in total. The molecule has 3 heteroatoms. The fourth-order valence-electron chi connectivity index (χ4n) is 1.65. The van der Waals surface area contributed by atoms with E-state index in [0.717, 1.165) is 13.0 Å². The highest BCUT2D eigenvalue weighted by atomic mass is 16.4. The number of hydrogen-bond acceptors (Lipinski definition) is 2. The Hall–Kier alpha value is -0.570. The lowest BCUT2D eigenvalue weighted by Gasteiger charge is -2.01. The highest BCUT2D eigenvalue weighted by molar-refractivity contribution is 5.74. The van der Waals surface area contributed by atoms with Gasteiger partial charge in [-0.2, -0.15) is 0 Å². The quantitative estimate of drug-likeness (QED) is 0.624. The minimum absolute atomic E-state index is 0.262. The van der Waals surface area contributed by atoms with Crippen molar-refractivity contribution >= 4 is 5.97 Å². The van der Waals surface area contributed by atoms with Crippen LogP contribution in [0.15, 0.2) is 0 Å². The van der Waals surface area contributed by atoms with Crippen molar-refractivity contribution in [2.24, 2.45) is 5.41 Å². The van der Waals surface area contributed by atoms with Crippen molar-refractivity contribution in [2.45, 2.75) is 39.2 Å². The molecule has 1 atom stereocenters. The predicted octanol–water partition coefficient (Wildman–Crippen LogP) is 1.24. The Bertz CT molecular complexity index is 175. The Morgan fingerprint density at radius 2 is 2.08 bits per heavy atom. The van der Waals surface area contributed by atoms with E-state index in [1.165, 1.54) is 12.8 Å². The van der Waals surface area contributed by atoms with Gasteiger partial charge >= 0.3 is 5.97 Å². The summed E-state index contributed by atoms with van der Waals surface area (Å²) in [4.78, 5) is 10.5. The Morgan fingerprint density at radius 3 is 2.33 bits per heavy atom. The first-order valence-corrected chi connectivity index (χ1v) is 4.68. The Balaban J connectivity index is 0.000000336. The average Bonchev–Trinajstić information content (AvgIpc) is 2.65. The van der Waals surface area contributed by atoms with Crippen LogP contribution in [0.25, 0.3) is 0 Å². The molecule has 1 heterocycles. The van der Waals surface area contributed by atoms with Crippen LogP contribution >= 0.6 is 0 Å². The van der Waals surface area contributed by atoms with Crippen LogP contribution in [0.5, 0.6) is 0 Å². The molecule has 0 aromatic rings. The lowest BCUT2D eigenvalue weighted by molar-refractivity contribution is -0.139. The zero-order valence-corrected chi connectivity index (χ0v) is 7.76. The molecule has 1 aliphatic heterocycles.